The average Bonchev–Trinajstić information content (AvgIpc) is 2.78. The van der Waals surface area contributed by atoms with E-state index >= 15 is 0 Å². The molecule has 1 atom stereocenters. The van der Waals surface area contributed by atoms with E-state index in [0.29, 0.717) is 18.8 Å². The second-order valence-corrected chi connectivity index (χ2v) is 5.83. The van der Waals surface area contributed by atoms with E-state index in [0.717, 1.165) is 0 Å². The molecule has 1 aromatic heterocycles. The third-order valence-electron chi connectivity index (χ3n) is 2.89. The summed E-state index contributed by atoms with van der Waals surface area (Å²) < 4.78 is 10.5. The average molecular weight is 277 g/mol. The number of carbonyl (C=O) groups excluding carboxylic acids is 1. The van der Waals surface area contributed by atoms with Gasteiger partial charge >= 0.3 is 6.09 Å². The fourth-order valence-corrected chi connectivity index (χ4v) is 1.93. The van der Waals surface area contributed by atoms with Gasteiger partial charge in [-0.15, -0.1) is 0 Å². The fourth-order valence-electron chi connectivity index (χ4n) is 1.93. The summed E-state index contributed by atoms with van der Waals surface area (Å²) >= 11 is 0. The molecule has 20 heavy (non-hydrogen) atoms. The Kier molecular flexibility index (Phi) is 4.00. The van der Waals surface area contributed by atoms with Crippen LogP contribution >= 0.6 is 0 Å². The molecule has 0 saturated carbocycles. The Labute approximate surface area is 118 Å². The predicted molar refractivity (Wildman–Crippen MR) is 71.8 cm³/mol. The zero-order valence-corrected chi connectivity index (χ0v) is 11.9. The lowest BCUT2D eigenvalue weighted by Crippen LogP contribution is -2.60. The molecule has 0 spiro atoms. The highest BCUT2D eigenvalue weighted by Gasteiger charge is 2.35. The monoisotopic (exact) mass is 277 g/mol. The number of rotatable bonds is 3. The van der Waals surface area contributed by atoms with Crippen LogP contribution in [0.1, 0.15) is 32.6 Å². The maximum atomic E-state index is 11.8. The summed E-state index contributed by atoms with van der Waals surface area (Å²) in [4.78, 5) is 13.4. The molecule has 1 saturated heterocycles. The van der Waals surface area contributed by atoms with Gasteiger partial charge in [-0.3, -0.25) is 5.32 Å². The Bertz CT molecular complexity index is 493. The standard InChI is InChI=1S/C14H19N3O3/c1-14(2,3)20-13(18)17-8-10(9-17)16-11(7-15)12-5-4-6-19-12/h4-6,10-11,16H,8-9H2,1-3H3/t11-/m1/s1. The largest absolute Gasteiger partial charge is 0.467 e. The van der Waals surface area contributed by atoms with Crippen molar-refractivity contribution in [1.29, 1.82) is 5.26 Å². The van der Waals surface area contributed by atoms with Crippen LogP contribution in [0.5, 0.6) is 0 Å². The van der Waals surface area contributed by atoms with Crippen LogP contribution in [0.3, 0.4) is 0 Å². The van der Waals surface area contributed by atoms with Gasteiger partial charge in [0.05, 0.1) is 12.3 Å². The second-order valence-electron chi connectivity index (χ2n) is 5.83. The lowest BCUT2D eigenvalue weighted by molar-refractivity contribution is 0.00457. The fraction of sp³-hybridized carbons (Fsp3) is 0.571. The van der Waals surface area contributed by atoms with E-state index in [2.05, 4.69) is 11.4 Å². The Morgan fingerprint density at radius 1 is 1.60 bits per heavy atom. The van der Waals surface area contributed by atoms with E-state index < -0.39 is 11.6 Å². The highest BCUT2D eigenvalue weighted by molar-refractivity contribution is 5.69. The van der Waals surface area contributed by atoms with Crippen molar-refractivity contribution < 1.29 is 13.9 Å². The molecular formula is C14H19N3O3. The molecule has 0 aliphatic carbocycles. The van der Waals surface area contributed by atoms with E-state index in [1.807, 2.05) is 20.8 Å². The summed E-state index contributed by atoms with van der Waals surface area (Å²) in [5, 5.41) is 12.3. The first-order valence-electron chi connectivity index (χ1n) is 6.56. The minimum absolute atomic E-state index is 0.0808. The van der Waals surface area contributed by atoms with E-state index in [4.69, 9.17) is 14.4 Å². The normalized spacial score (nSPS) is 17.2. The van der Waals surface area contributed by atoms with Crippen molar-refractivity contribution >= 4 is 6.09 Å². The molecule has 0 aromatic carbocycles. The van der Waals surface area contributed by atoms with Gasteiger partial charge in [-0.25, -0.2) is 4.79 Å². The third kappa shape index (κ3) is 3.52. The molecule has 6 heteroatoms. The van der Waals surface area contributed by atoms with E-state index in [-0.39, 0.29) is 12.1 Å². The van der Waals surface area contributed by atoms with Crippen molar-refractivity contribution in [2.24, 2.45) is 0 Å². The molecule has 2 heterocycles. The molecule has 0 unspecified atom stereocenters. The molecule has 1 aromatic rings. The summed E-state index contributed by atoms with van der Waals surface area (Å²) in [6, 6.07) is 5.24. The molecular weight excluding hydrogens is 258 g/mol. The Morgan fingerprint density at radius 2 is 2.30 bits per heavy atom. The number of hydrogen-bond acceptors (Lipinski definition) is 5. The molecule has 2 rings (SSSR count). The van der Waals surface area contributed by atoms with Crippen LogP contribution in [0.4, 0.5) is 4.79 Å². The van der Waals surface area contributed by atoms with Gasteiger partial charge < -0.3 is 14.1 Å². The quantitative estimate of drug-likeness (QED) is 0.914. The van der Waals surface area contributed by atoms with E-state index in [9.17, 15) is 4.79 Å². The lowest BCUT2D eigenvalue weighted by Gasteiger charge is -2.40. The van der Waals surface area contributed by atoms with Gasteiger partial charge in [0.15, 0.2) is 6.04 Å². The number of nitriles is 1. The van der Waals surface area contributed by atoms with Crippen LogP contribution in [-0.2, 0) is 4.74 Å². The number of carbonyl (C=O) groups is 1. The first-order chi connectivity index (χ1) is 9.39. The van der Waals surface area contributed by atoms with Gasteiger partial charge in [0, 0.05) is 19.1 Å². The van der Waals surface area contributed by atoms with Crippen molar-refractivity contribution in [1.82, 2.24) is 10.2 Å². The first-order valence-corrected chi connectivity index (χ1v) is 6.56. The number of furan rings is 1. The molecule has 1 N–H and O–H groups in total. The molecule has 1 aliphatic rings. The van der Waals surface area contributed by atoms with Crippen LogP contribution in [0.25, 0.3) is 0 Å². The van der Waals surface area contributed by atoms with E-state index in [1.54, 1.807) is 17.0 Å². The SMILES string of the molecule is CC(C)(C)OC(=O)N1CC(N[C@H](C#N)c2ccco2)C1. The Balaban J connectivity index is 1.79. The van der Waals surface area contributed by atoms with Gasteiger partial charge in [-0.2, -0.15) is 5.26 Å². The van der Waals surface area contributed by atoms with Gasteiger partial charge in [0.2, 0.25) is 0 Å². The maximum absolute atomic E-state index is 11.8. The molecule has 6 nitrogen and oxygen atoms in total. The maximum Gasteiger partial charge on any atom is 0.410 e. The van der Waals surface area contributed by atoms with Gasteiger partial charge in [-0.1, -0.05) is 0 Å². The first kappa shape index (κ1) is 14.4. The van der Waals surface area contributed by atoms with E-state index in [1.165, 1.54) is 6.26 Å². The topological polar surface area (TPSA) is 78.5 Å². The van der Waals surface area contributed by atoms with Crippen molar-refractivity contribution in [3.05, 3.63) is 24.2 Å². The molecule has 108 valence electrons. The zero-order valence-electron chi connectivity index (χ0n) is 11.9. The summed E-state index contributed by atoms with van der Waals surface area (Å²) in [6.07, 6.45) is 1.22. The van der Waals surface area contributed by atoms with Crippen molar-refractivity contribution in [3.63, 3.8) is 0 Å². The smallest absolute Gasteiger partial charge is 0.410 e. The third-order valence-corrected chi connectivity index (χ3v) is 2.89. The van der Waals surface area contributed by atoms with Crippen molar-refractivity contribution in [2.45, 2.75) is 38.5 Å². The van der Waals surface area contributed by atoms with Crippen LogP contribution in [-0.4, -0.2) is 35.7 Å². The molecule has 0 bridgehead atoms. The van der Waals surface area contributed by atoms with Crippen LogP contribution < -0.4 is 5.32 Å². The molecule has 0 radical (unpaired) electrons. The Morgan fingerprint density at radius 3 is 2.80 bits per heavy atom. The van der Waals surface area contributed by atoms with Crippen molar-refractivity contribution in [3.8, 4) is 6.07 Å². The highest BCUT2D eigenvalue weighted by Crippen LogP contribution is 2.19. The summed E-state index contributed by atoms with van der Waals surface area (Å²) in [5.41, 5.74) is -0.487. The summed E-state index contributed by atoms with van der Waals surface area (Å²) in [7, 11) is 0. The van der Waals surface area contributed by atoms with Gasteiger partial charge in [0.1, 0.15) is 11.4 Å². The zero-order chi connectivity index (χ0) is 14.8. The number of hydrogen-bond donors (Lipinski definition) is 1. The number of ether oxygens (including phenoxy) is 1. The predicted octanol–water partition coefficient (Wildman–Crippen LogP) is 2.05. The summed E-state index contributed by atoms with van der Waals surface area (Å²) in [6.45, 7) is 6.58. The minimum Gasteiger partial charge on any atom is -0.467 e. The van der Waals surface area contributed by atoms with Crippen LogP contribution in [0.2, 0.25) is 0 Å². The number of amides is 1. The second kappa shape index (κ2) is 5.55. The molecule has 1 fully saturated rings. The number of nitrogens with one attached hydrogen (secondary N) is 1. The van der Waals surface area contributed by atoms with Gasteiger partial charge in [0.25, 0.3) is 0 Å². The minimum atomic E-state index is -0.490. The lowest BCUT2D eigenvalue weighted by atomic mass is 10.1. The number of nitrogens with zero attached hydrogens (tertiary/aromatic N) is 2. The van der Waals surface area contributed by atoms with Gasteiger partial charge in [-0.05, 0) is 32.9 Å². The van der Waals surface area contributed by atoms with Crippen LogP contribution in [0, 0.1) is 11.3 Å². The molecule has 1 aliphatic heterocycles. The van der Waals surface area contributed by atoms with Crippen molar-refractivity contribution in [2.75, 3.05) is 13.1 Å². The highest BCUT2D eigenvalue weighted by atomic mass is 16.6. The summed E-state index contributed by atoms with van der Waals surface area (Å²) in [5.74, 6) is 0.586. The Hall–Kier alpha value is -2.00. The van der Waals surface area contributed by atoms with Crippen LogP contribution in [0.15, 0.2) is 22.8 Å². The molecule has 1 amide bonds. The number of likely N-dealkylation sites (tertiary alicyclic amines) is 1.